The van der Waals surface area contributed by atoms with Crippen molar-refractivity contribution >= 4 is 8.80 Å². The molecule has 0 aliphatic carbocycles. The summed E-state index contributed by atoms with van der Waals surface area (Å²) < 4.78 is 0. The van der Waals surface area contributed by atoms with E-state index in [2.05, 4.69) is 43.3 Å². The van der Waals surface area contributed by atoms with E-state index in [9.17, 15) is 0 Å². The lowest BCUT2D eigenvalue weighted by Crippen LogP contribution is -1.98. The Bertz CT molecular complexity index is 162. The molecule has 0 bridgehead atoms. The molecule has 0 heterocycles. The fraction of sp³-hybridized carbons (Fsp3) is 0.556. The maximum Gasteiger partial charge on any atom is 0.230 e. The van der Waals surface area contributed by atoms with Gasteiger partial charge in [0.2, 0.25) is 8.80 Å². The second-order valence-corrected chi connectivity index (χ2v) is 3.69. The number of rotatable bonds is 0. The first-order valence-corrected chi connectivity index (χ1v) is 5.62. The van der Waals surface area contributed by atoms with Gasteiger partial charge in [-0.25, -0.2) is 0 Å². The van der Waals surface area contributed by atoms with Gasteiger partial charge in [0.15, 0.2) is 0 Å². The van der Waals surface area contributed by atoms with E-state index in [-0.39, 0.29) is 0 Å². The Morgan fingerprint density at radius 1 is 1.00 bits per heavy atom. The van der Waals surface area contributed by atoms with Crippen LogP contribution in [0.2, 0.25) is 6.55 Å². The van der Waals surface area contributed by atoms with Gasteiger partial charge in [-0.1, -0.05) is 13.8 Å². The van der Waals surface area contributed by atoms with Crippen molar-refractivity contribution in [1.29, 1.82) is 0 Å². The average molecular weight is 149 g/mol. The quantitative estimate of drug-likeness (QED) is 0.365. The Balaban J connectivity index is 3.73. The highest BCUT2D eigenvalue weighted by Gasteiger charge is 1.90. The molecule has 0 nitrogen and oxygen atoms in total. The van der Waals surface area contributed by atoms with Crippen molar-refractivity contribution in [3.63, 3.8) is 0 Å². The highest BCUT2D eigenvalue weighted by molar-refractivity contribution is 6.74. The highest BCUT2D eigenvalue weighted by Crippen LogP contribution is 1.77. The molecule has 0 atom stereocenters. The minimum absolute atomic E-state index is 0.637. The van der Waals surface area contributed by atoms with Gasteiger partial charge in [0.05, 0.1) is 0 Å². The van der Waals surface area contributed by atoms with E-state index in [4.69, 9.17) is 0 Å². The molecule has 0 unspecified atom stereocenters. The van der Waals surface area contributed by atoms with E-state index in [1.807, 2.05) is 0 Å². The van der Waals surface area contributed by atoms with Crippen LogP contribution in [0.1, 0.15) is 26.7 Å². The molecular formula is C9H13Si. The minimum atomic E-state index is -0.637. The van der Waals surface area contributed by atoms with Crippen molar-refractivity contribution < 1.29 is 0 Å². The van der Waals surface area contributed by atoms with Crippen LogP contribution in [0.5, 0.6) is 0 Å². The highest BCUT2D eigenvalue weighted by atomic mass is 28.3. The Labute approximate surface area is 65.6 Å². The molecule has 0 aliphatic heterocycles. The zero-order valence-corrected chi connectivity index (χ0v) is 7.91. The van der Waals surface area contributed by atoms with E-state index in [1.54, 1.807) is 0 Å². The molecule has 0 fully saturated rings. The fourth-order valence-electron chi connectivity index (χ4n) is 0.473. The first-order chi connectivity index (χ1) is 4.81. The van der Waals surface area contributed by atoms with Gasteiger partial charge in [-0.3, -0.25) is 0 Å². The summed E-state index contributed by atoms with van der Waals surface area (Å²) in [7, 11) is -0.637. The van der Waals surface area contributed by atoms with Crippen molar-refractivity contribution in [3.05, 3.63) is 0 Å². The Morgan fingerprint density at radius 3 is 1.70 bits per heavy atom. The molecule has 1 radical (unpaired) electrons. The Morgan fingerprint density at radius 2 is 1.40 bits per heavy atom. The van der Waals surface area contributed by atoms with E-state index in [0.29, 0.717) is 0 Å². The standard InChI is InChI=1S/C9H13Si/c1-4-6-8-10(3)9-7-5-2/h4-5H2,1-3H3. The zero-order chi connectivity index (χ0) is 7.82. The molecule has 0 aromatic heterocycles. The normalized spacial score (nSPS) is 7.60. The van der Waals surface area contributed by atoms with Crippen LogP contribution in [0.15, 0.2) is 0 Å². The Hall–Kier alpha value is -0.663. The van der Waals surface area contributed by atoms with Gasteiger partial charge in [-0.15, -0.1) is 22.9 Å². The lowest BCUT2D eigenvalue weighted by molar-refractivity contribution is 1.28. The third-order valence-corrected chi connectivity index (χ3v) is 2.01. The fourth-order valence-corrected chi connectivity index (χ4v) is 1.42. The molecule has 0 spiro atoms. The van der Waals surface area contributed by atoms with Crippen molar-refractivity contribution in [2.24, 2.45) is 0 Å². The summed E-state index contributed by atoms with van der Waals surface area (Å²) in [4.78, 5) is 0. The molecule has 0 aromatic rings. The van der Waals surface area contributed by atoms with Crippen LogP contribution < -0.4 is 0 Å². The lowest BCUT2D eigenvalue weighted by atomic mass is 10.5. The molecule has 1 heteroatoms. The molecule has 0 amide bonds. The van der Waals surface area contributed by atoms with E-state index >= 15 is 0 Å². The van der Waals surface area contributed by atoms with Crippen molar-refractivity contribution in [2.75, 3.05) is 0 Å². The largest absolute Gasteiger partial charge is 0.230 e. The van der Waals surface area contributed by atoms with Gasteiger partial charge < -0.3 is 0 Å². The maximum absolute atomic E-state index is 3.15. The first kappa shape index (κ1) is 9.34. The van der Waals surface area contributed by atoms with Crippen LogP contribution in [0.4, 0.5) is 0 Å². The van der Waals surface area contributed by atoms with Crippen LogP contribution in [-0.4, -0.2) is 8.80 Å². The Kier molecular flexibility index (Phi) is 6.03. The lowest BCUT2D eigenvalue weighted by Gasteiger charge is -1.82. The van der Waals surface area contributed by atoms with E-state index < -0.39 is 8.80 Å². The van der Waals surface area contributed by atoms with Crippen LogP contribution in [-0.2, 0) is 0 Å². The summed E-state index contributed by atoms with van der Waals surface area (Å²) in [6, 6.07) is 0. The molecular weight excluding hydrogens is 136 g/mol. The summed E-state index contributed by atoms with van der Waals surface area (Å²) in [6.07, 6.45) is 1.91. The summed E-state index contributed by atoms with van der Waals surface area (Å²) in [5, 5.41) is 0. The predicted octanol–water partition coefficient (Wildman–Crippen LogP) is 2.02. The molecule has 0 saturated carbocycles. The third kappa shape index (κ3) is 5.47. The zero-order valence-electron chi connectivity index (χ0n) is 6.91. The second-order valence-electron chi connectivity index (χ2n) is 1.94. The van der Waals surface area contributed by atoms with Crippen LogP contribution >= 0.6 is 0 Å². The number of hydrogen-bond donors (Lipinski definition) is 0. The third-order valence-electron chi connectivity index (χ3n) is 0.905. The van der Waals surface area contributed by atoms with Gasteiger partial charge in [0.1, 0.15) is 0 Å². The van der Waals surface area contributed by atoms with Gasteiger partial charge >= 0.3 is 0 Å². The summed E-state index contributed by atoms with van der Waals surface area (Å²) in [5.74, 6) is 6.10. The molecule has 0 aliphatic rings. The predicted molar refractivity (Wildman–Crippen MR) is 47.8 cm³/mol. The summed E-state index contributed by atoms with van der Waals surface area (Å²) >= 11 is 0. The minimum Gasteiger partial charge on any atom is -0.117 e. The molecule has 0 aromatic carbocycles. The first-order valence-electron chi connectivity index (χ1n) is 3.62. The van der Waals surface area contributed by atoms with Gasteiger partial charge in [-0.05, 0) is 6.55 Å². The SMILES string of the molecule is CCC#C[Si](C)C#CCC. The topological polar surface area (TPSA) is 0 Å². The molecule has 0 saturated heterocycles. The second kappa shape index (κ2) is 6.46. The average Bonchev–Trinajstić information content (AvgIpc) is 1.97. The summed E-state index contributed by atoms with van der Waals surface area (Å²) in [5.41, 5.74) is 6.29. The molecule has 0 rings (SSSR count). The van der Waals surface area contributed by atoms with Gasteiger partial charge in [0, 0.05) is 12.8 Å². The van der Waals surface area contributed by atoms with E-state index in [1.165, 1.54) is 0 Å². The van der Waals surface area contributed by atoms with Crippen molar-refractivity contribution in [2.45, 2.75) is 33.2 Å². The monoisotopic (exact) mass is 149 g/mol. The van der Waals surface area contributed by atoms with Crippen molar-refractivity contribution in [1.82, 2.24) is 0 Å². The molecule has 0 N–H and O–H groups in total. The van der Waals surface area contributed by atoms with Crippen molar-refractivity contribution in [3.8, 4) is 22.9 Å². The molecule has 53 valence electrons. The summed E-state index contributed by atoms with van der Waals surface area (Å²) in [6.45, 7) is 6.26. The smallest absolute Gasteiger partial charge is 0.117 e. The van der Waals surface area contributed by atoms with E-state index in [0.717, 1.165) is 12.8 Å². The van der Waals surface area contributed by atoms with Crippen LogP contribution in [0, 0.1) is 22.9 Å². The van der Waals surface area contributed by atoms with Gasteiger partial charge in [0.25, 0.3) is 0 Å². The maximum atomic E-state index is 3.15. The van der Waals surface area contributed by atoms with Crippen LogP contribution in [0.25, 0.3) is 0 Å². The number of hydrogen-bond acceptors (Lipinski definition) is 0. The van der Waals surface area contributed by atoms with Crippen LogP contribution in [0.3, 0.4) is 0 Å². The molecule has 10 heavy (non-hydrogen) atoms. The van der Waals surface area contributed by atoms with Gasteiger partial charge in [-0.2, -0.15) is 0 Å².